The van der Waals surface area contributed by atoms with Gasteiger partial charge in [0.25, 0.3) is 0 Å². The van der Waals surface area contributed by atoms with Crippen LogP contribution in [0.2, 0.25) is 0 Å². The van der Waals surface area contributed by atoms with Crippen molar-refractivity contribution in [3.05, 3.63) is 40.6 Å². The Labute approximate surface area is 165 Å². The van der Waals surface area contributed by atoms with Crippen LogP contribution in [0.25, 0.3) is 0 Å². The zero-order valence-corrected chi connectivity index (χ0v) is 16.5. The monoisotopic (exact) mass is 436 g/mol. The number of morpholine rings is 1. The van der Waals surface area contributed by atoms with E-state index in [1.54, 1.807) is 18.2 Å². The Hall–Kier alpha value is -2.52. The van der Waals surface area contributed by atoms with Gasteiger partial charge in [-0.1, -0.05) is 12.1 Å². The number of benzene rings is 1. The van der Waals surface area contributed by atoms with Crippen molar-refractivity contribution < 1.29 is 18.7 Å². The number of rotatable bonds is 6. The number of carbonyl (C=O) groups is 1. The summed E-state index contributed by atoms with van der Waals surface area (Å²) in [6, 6.07) is 8.53. The van der Waals surface area contributed by atoms with Crippen LogP contribution in [0.3, 0.4) is 0 Å². The summed E-state index contributed by atoms with van der Waals surface area (Å²) >= 11 is 3.49. The molecule has 27 heavy (non-hydrogen) atoms. The van der Waals surface area contributed by atoms with E-state index in [2.05, 4.69) is 36.7 Å². The largest absolute Gasteiger partial charge is 0.492 e. The molecule has 9 heteroatoms. The maximum atomic E-state index is 12.0. The van der Waals surface area contributed by atoms with Gasteiger partial charge in [0.1, 0.15) is 5.75 Å². The van der Waals surface area contributed by atoms with E-state index in [1.165, 1.54) is 6.21 Å². The quantitative estimate of drug-likeness (QED) is 0.534. The number of para-hydroxylation sites is 2. The molecule has 2 aromatic rings. The van der Waals surface area contributed by atoms with Gasteiger partial charge in [-0.2, -0.15) is 5.10 Å². The minimum absolute atomic E-state index is 0.475. The second-order valence-corrected chi connectivity index (χ2v) is 6.51. The van der Waals surface area contributed by atoms with Crippen molar-refractivity contribution >= 4 is 39.7 Å². The number of hydrazone groups is 1. The highest BCUT2D eigenvalue weighted by Gasteiger charge is 2.18. The summed E-state index contributed by atoms with van der Waals surface area (Å²) in [6.45, 7) is 5.26. The van der Waals surface area contributed by atoms with Crippen molar-refractivity contribution in [3.8, 4) is 5.75 Å². The van der Waals surface area contributed by atoms with Crippen LogP contribution >= 0.6 is 15.9 Å². The summed E-state index contributed by atoms with van der Waals surface area (Å²) in [5.41, 5.74) is 2.98. The van der Waals surface area contributed by atoms with Crippen LogP contribution < -0.4 is 20.4 Å². The maximum absolute atomic E-state index is 12.0. The van der Waals surface area contributed by atoms with Gasteiger partial charge in [-0.3, -0.25) is 0 Å². The third-order valence-electron chi connectivity index (χ3n) is 3.78. The molecule has 0 unspecified atom stereocenters. The smallest absolute Gasteiger partial charge is 0.339 e. The topological polar surface area (TPSA) is 88.3 Å². The number of amides is 2. The lowest BCUT2D eigenvalue weighted by molar-refractivity contribution is 0.120. The van der Waals surface area contributed by atoms with Crippen molar-refractivity contribution in [2.75, 3.05) is 43.1 Å². The first-order valence-corrected chi connectivity index (χ1v) is 9.40. The van der Waals surface area contributed by atoms with Gasteiger partial charge in [0, 0.05) is 19.2 Å². The molecule has 0 bridgehead atoms. The highest BCUT2D eigenvalue weighted by molar-refractivity contribution is 9.10. The van der Waals surface area contributed by atoms with E-state index in [-0.39, 0.29) is 0 Å². The second-order valence-electron chi connectivity index (χ2n) is 5.65. The lowest BCUT2D eigenvalue weighted by atomic mass is 10.3. The van der Waals surface area contributed by atoms with Gasteiger partial charge < -0.3 is 24.1 Å². The molecular weight excluding hydrogens is 416 g/mol. The van der Waals surface area contributed by atoms with Crippen molar-refractivity contribution in [3.63, 3.8) is 0 Å². The van der Waals surface area contributed by atoms with Crippen molar-refractivity contribution in [2.24, 2.45) is 5.10 Å². The normalized spacial score (nSPS) is 14.4. The van der Waals surface area contributed by atoms with Gasteiger partial charge in [-0.05, 0) is 35.0 Å². The Morgan fingerprint density at radius 2 is 2.15 bits per heavy atom. The summed E-state index contributed by atoms with van der Waals surface area (Å²) < 4.78 is 17.4. The number of hydrogen-bond donors (Lipinski definition) is 2. The summed E-state index contributed by atoms with van der Waals surface area (Å²) in [5.74, 6) is 1.86. The average Bonchev–Trinajstić information content (AvgIpc) is 3.05. The van der Waals surface area contributed by atoms with Gasteiger partial charge in [0.15, 0.2) is 5.76 Å². The Bertz CT molecular complexity index is 802. The molecule has 1 aromatic heterocycles. The summed E-state index contributed by atoms with van der Waals surface area (Å²) in [4.78, 5) is 14.1. The molecule has 0 radical (unpaired) electrons. The zero-order chi connectivity index (χ0) is 19.1. The van der Waals surface area contributed by atoms with E-state index in [0.29, 0.717) is 37.0 Å². The van der Waals surface area contributed by atoms with Crippen molar-refractivity contribution in [1.29, 1.82) is 0 Å². The Kier molecular flexibility index (Phi) is 6.72. The lowest BCUT2D eigenvalue weighted by Gasteiger charge is -2.26. The number of halogens is 1. The fraction of sp³-hybridized carbons (Fsp3) is 0.333. The van der Waals surface area contributed by atoms with Gasteiger partial charge >= 0.3 is 6.03 Å². The Morgan fingerprint density at radius 1 is 1.37 bits per heavy atom. The number of ether oxygens (including phenoxy) is 2. The van der Waals surface area contributed by atoms with E-state index in [0.717, 1.165) is 23.4 Å². The van der Waals surface area contributed by atoms with Crippen LogP contribution in [0.15, 0.2) is 44.3 Å². The number of nitrogens with zero attached hydrogens (tertiary/aromatic N) is 2. The highest BCUT2D eigenvalue weighted by atomic mass is 79.9. The molecule has 144 valence electrons. The van der Waals surface area contributed by atoms with Crippen LogP contribution in [0.1, 0.15) is 12.7 Å². The van der Waals surface area contributed by atoms with Crippen LogP contribution in [0, 0.1) is 0 Å². The average molecular weight is 437 g/mol. The fourth-order valence-corrected chi connectivity index (χ4v) is 3.14. The third kappa shape index (κ3) is 5.24. The molecule has 1 aliphatic rings. The predicted octanol–water partition coefficient (Wildman–Crippen LogP) is 3.43. The minimum Gasteiger partial charge on any atom is -0.492 e. The number of furan rings is 1. The molecular formula is C18H21BrN4O4. The molecule has 0 atom stereocenters. The number of carbonyl (C=O) groups excluding carboxylic acids is 1. The van der Waals surface area contributed by atoms with Gasteiger partial charge in [-0.15, -0.1) is 0 Å². The van der Waals surface area contributed by atoms with Gasteiger partial charge in [0.2, 0.25) is 5.88 Å². The second kappa shape index (κ2) is 9.43. The molecule has 2 heterocycles. The number of urea groups is 1. The Balaban J connectivity index is 1.57. The first-order chi connectivity index (χ1) is 13.2. The SMILES string of the molecule is CCOc1ccccc1NC(=O)N/N=C/c1cc(Br)c(N2CCOCC2)o1. The standard InChI is InChI=1S/C18H21BrN4O4/c1-2-26-16-6-4-3-5-15(16)21-18(24)22-20-12-13-11-14(19)17(27-13)23-7-9-25-10-8-23/h3-6,11-12H,2,7-10H2,1H3,(H2,21,22,24)/b20-12+. The molecule has 8 nitrogen and oxygen atoms in total. The molecule has 0 spiro atoms. The van der Waals surface area contributed by atoms with Gasteiger partial charge in [0.05, 0.1) is 36.2 Å². The summed E-state index contributed by atoms with van der Waals surface area (Å²) in [7, 11) is 0. The van der Waals surface area contributed by atoms with Crippen LogP contribution in [-0.4, -0.2) is 45.2 Å². The number of anilines is 2. The molecule has 1 aliphatic heterocycles. The van der Waals surface area contributed by atoms with Gasteiger partial charge in [-0.25, -0.2) is 10.2 Å². The number of nitrogens with one attached hydrogen (secondary N) is 2. The minimum atomic E-state index is -0.475. The van der Waals surface area contributed by atoms with E-state index in [9.17, 15) is 4.79 Å². The van der Waals surface area contributed by atoms with Crippen LogP contribution in [-0.2, 0) is 4.74 Å². The summed E-state index contributed by atoms with van der Waals surface area (Å²) in [6.07, 6.45) is 1.45. The van der Waals surface area contributed by atoms with E-state index in [1.807, 2.05) is 19.1 Å². The third-order valence-corrected chi connectivity index (χ3v) is 4.35. The van der Waals surface area contributed by atoms with Crippen molar-refractivity contribution in [1.82, 2.24) is 5.43 Å². The Morgan fingerprint density at radius 3 is 2.93 bits per heavy atom. The van der Waals surface area contributed by atoms with Crippen LogP contribution in [0.4, 0.5) is 16.4 Å². The van der Waals surface area contributed by atoms with E-state index in [4.69, 9.17) is 13.9 Å². The molecule has 1 saturated heterocycles. The highest BCUT2D eigenvalue weighted by Crippen LogP contribution is 2.30. The number of hydrogen-bond acceptors (Lipinski definition) is 6. The maximum Gasteiger partial charge on any atom is 0.339 e. The first kappa shape index (κ1) is 19.2. The predicted molar refractivity (Wildman–Crippen MR) is 107 cm³/mol. The van der Waals surface area contributed by atoms with E-state index >= 15 is 0 Å². The van der Waals surface area contributed by atoms with Crippen molar-refractivity contribution in [2.45, 2.75) is 6.92 Å². The molecule has 3 rings (SSSR count). The molecule has 1 aromatic carbocycles. The molecule has 2 amide bonds. The molecule has 2 N–H and O–H groups in total. The summed E-state index contributed by atoms with van der Waals surface area (Å²) in [5, 5.41) is 6.63. The van der Waals surface area contributed by atoms with Crippen LogP contribution in [0.5, 0.6) is 5.75 Å². The first-order valence-electron chi connectivity index (χ1n) is 8.61. The molecule has 0 saturated carbocycles. The fourth-order valence-electron chi connectivity index (χ4n) is 2.58. The molecule has 0 aliphatic carbocycles. The molecule has 1 fully saturated rings. The lowest BCUT2D eigenvalue weighted by Crippen LogP contribution is -2.36. The van der Waals surface area contributed by atoms with E-state index < -0.39 is 6.03 Å². The zero-order valence-electron chi connectivity index (χ0n) is 14.9.